The fourth-order valence-corrected chi connectivity index (χ4v) is 1.86. The van der Waals surface area contributed by atoms with Crippen LogP contribution in [0, 0.1) is 11.8 Å². The lowest BCUT2D eigenvalue weighted by molar-refractivity contribution is -0.137. The second kappa shape index (κ2) is 6.47. The minimum Gasteiger partial charge on any atom is -0.480 e. The second-order valence-corrected chi connectivity index (χ2v) is 5.15. The highest BCUT2D eigenvalue weighted by molar-refractivity contribution is 5.80. The summed E-state index contributed by atoms with van der Waals surface area (Å²) in [5.74, 6) is -0.113. The third-order valence-electron chi connectivity index (χ3n) is 2.97. The van der Waals surface area contributed by atoms with Gasteiger partial charge >= 0.3 is 12.0 Å². The van der Waals surface area contributed by atoms with Gasteiger partial charge in [0.05, 0.1) is 0 Å². The Kier molecular flexibility index (Phi) is 5.25. The van der Waals surface area contributed by atoms with Crippen LogP contribution in [-0.4, -0.2) is 41.6 Å². The summed E-state index contributed by atoms with van der Waals surface area (Å²) in [6, 6.07) is -0.256. The highest BCUT2D eigenvalue weighted by Crippen LogP contribution is 2.25. The van der Waals surface area contributed by atoms with Gasteiger partial charge in [-0.05, 0) is 24.7 Å². The third-order valence-corrected chi connectivity index (χ3v) is 2.97. The quantitative estimate of drug-likeness (QED) is 0.742. The zero-order valence-corrected chi connectivity index (χ0v) is 10.6. The summed E-state index contributed by atoms with van der Waals surface area (Å²) < 4.78 is 0. The highest BCUT2D eigenvalue weighted by Gasteiger charge is 2.21. The first-order valence-corrected chi connectivity index (χ1v) is 6.23. The molecule has 1 aliphatic rings. The van der Waals surface area contributed by atoms with Gasteiger partial charge in [-0.25, -0.2) is 4.79 Å². The van der Waals surface area contributed by atoms with Crippen LogP contribution in [0.3, 0.4) is 0 Å². The van der Waals surface area contributed by atoms with Gasteiger partial charge in [-0.3, -0.25) is 4.79 Å². The van der Waals surface area contributed by atoms with Gasteiger partial charge in [0.2, 0.25) is 0 Å². The summed E-state index contributed by atoms with van der Waals surface area (Å²) in [5, 5.41) is 11.6. The van der Waals surface area contributed by atoms with Gasteiger partial charge in [0.15, 0.2) is 0 Å². The molecule has 0 aromatic carbocycles. The van der Waals surface area contributed by atoms with Gasteiger partial charge in [0.1, 0.15) is 6.54 Å². The molecule has 2 N–H and O–H groups in total. The number of carbonyl (C=O) groups is 2. The molecule has 1 rings (SSSR count). The maximum Gasteiger partial charge on any atom is 0.323 e. The number of hydrogen-bond acceptors (Lipinski definition) is 2. The van der Waals surface area contributed by atoms with E-state index in [4.69, 9.17) is 5.11 Å². The van der Waals surface area contributed by atoms with Crippen molar-refractivity contribution < 1.29 is 14.7 Å². The van der Waals surface area contributed by atoms with Crippen LogP contribution in [0.25, 0.3) is 0 Å². The molecule has 17 heavy (non-hydrogen) atoms. The fourth-order valence-electron chi connectivity index (χ4n) is 1.86. The fraction of sp³-hybridized carbons (Fsp3) is 0.833. The molecule has 0 unspecified atom stereocenters. The Labute approximate surface area is 102 Å². The number of nitrogens with one attached hydrogen (secondary N) is 1. The first-order valence-electron chi connectivity index (χ1n) is 6.23. The van der Waals surface area contributed by atoms with Crippen molar-refractivity contribution >= 4 is 12.0 Å². The first kappa shape index (κ1) is 13.8. The standard InChI is InChI=1S/C12H22N2O3/c1-9(2)7-14(8-11(15)16)12(17)13-6-10-4-3-5-10/h9-10H,3-8H2,1-2H3,(H,13,17)(H,15,16). The molecule has 0 atom stereocenters. The van der Waals surface area contributed by atoms with Crippen LogP contribution >= 0.6 is 0 Å². The average molecular weight is 242 g/mol. The molecule has 0 heterocycles. The molecule has 0 aliphatic heterocycles. The largest absolute Gasteiger partial charge is 0.480 e. The van der Waals surface area contributed by atoms with Crippen LogP contribution in [0.2, 0.25) is 0 Å². The van der Waals surface area contributed by atoms with Crippen LogP contribution in [0.5, 0.6) is 0 Å². The SMILES string of the molecule is CC(C)CN(CC(=O)O)C(=O)NCC1CCC1. The lowest BCUT2D eigenvalue weighted by Gasteiger charge is -2.28. The van der Waals surface area contributed by atoms with Gasteiger partial charge in [-0.15, -0.1) is 0 Å². The molecular weight excluding hydrogens is 220 g/mol. The van der Waals surface area contributed by atoms with E-state index in [0.29, 0.717) is 19.0 Å². The summed E-state index contributed by atoms with van der Waals surface area (Å²) in [5.41, 5.74) is 0. The molecule has 0 saturated heterocycles. The van der Waals surface area contributed by atoms with Gasteiger partial charge in [0.25, 0.3) is 0 Å². The number of urea groups is 1. The van der Waals surface area contributed by atoms with Crippen LogP contribution in [0.15, 0.2) is 0 Å². The number of carbonyl (C=O) groups excluding carboxylic acids is 1. The van der Waals surface area contributed by atoms with Crippen molar-refractivity contribution in [3.05, 3.63) is 0 Å². The van der Waals surface area contributed by atoms with Crippen LogP contribution < -0.4 is 5.32 Å². The van der Waals surface area contributed by atoms with E-state index in [1.54, 1.807) is 0 Å². The highest BCUT2D eigenvalue weighted by atomic mass is 16.4. The Morgan fingerprint density at radius 1 is 1.41 bits per heavy atom. The minimum atomic E-state index is -0.968. The Hall–Kier alpha value is -1.26. The number of rotatable bonds is 6. The number of nitrogens with zero attached hydrogens (tertiary/aromatic N) is 1. The van der Waals surface area contributed by atoms with Crippen molar-refractivity contribution in [1.82, 2.24) is 10.2 Å². The van der Waals surface area contributed by atoms with Crippen molar-refractivity contribution in [3.8, 4) is 0 Å². The molecule has 0 bridgehead atoms. The number of aliphatic carboxylic acids is 1. The molecule has 1 aliphatic carbocycles. The molecule has 1 saturated carbocycles. The number of hydrogen-bond donors (Lipinski definition) is 2. The lowest BCUT2D eigenvalue weighted by atomic mass is 9.85. The molecule has 1 fully saturated rings. The molecule has 0 spiro atoms. The normalized spacial score (nSPS) is 15.5. The van der Waals surface area contributed by atoms with Crippen molar-refractivity contribution in [3.63, 3.8) is 0 Å². The third kappa shape index (κ3) is 5.06. The van der Waals surface area contributed by atoms with Crippen molar-refractivity contribution in [2.24, 2.45) is 11.8 Å². The summed E-state index contributed by atoms with van der Waals surface area (Å²) >= 11 is 0. The maximum absolute atomic E-state index is 11.8. The van der Waals surface area contributed by atoms with Crippen LogP contribution in [0.1, 0.15) is 33.1 Å². The monoisotopic (exact) mass is 242 g/mol. The Morgan fingerprint density at radius 2 is 2.06 bits per heavy atom. The Bertz CT molecular complexity index is 275. The summed E-state index contributed by atoms with van der Waals surface area (Å²) in [6.07, 6.45) is 3.58. The molecule has 5 heteroatoms. The Morgan fingerprint density at radius 3 is 2.47 bits per heavy atom. The summed E-state index contributed by atoms with van der Waals surface area (Å²) in [6.45, 7) is 4.85. The minimum absolute atomic E-state index is 0.228. The van der Waals surface area contributed by atoms with Crippen molar-refractivity contribution in [2.75, 3.05) is 19.6 Å². The first-order chi connectivity index (χ1) is 7.99. The maximum atomic E-state index is 11.8. The van der Waals surface area contributed by atoms with Gasteiger partial charge < -0.3 is 15.3 Å². The topological polar surface area (TPSA) is 69.6 Å². The number of carboxylic acid groups (broad SMARTS) is 1. The van der Waals surface area contributed by atoms with Crippen molar-refractivity contribution in [2.45, 2.75) is 33.1 Å². The van der Waals surface area contributed by atoms with E-state index in [1.807, 2.05) is 13.8 Å². The van der Waals surface area contributed by atoms with E-state index in [-0.39, 0.29) is 18.5 Å². The smallest absolute Gasteiger partial charge is 0.323 e. The van der Waals surface area contributed by atoms with Crippen molar-refractivity contribution in [1.29, 1.82) is 0 Å². The summed E-state index contributed by atoms with van der Waals surface area (Å²) in [4.78, 5) is 23.9. The number of amides is 2. The second-order valence-electron chi connectivity index (χ2n) is 5.15. The molecule has 0 radical (unpaired) electrons. The van der Waals surface area contributed by atoms with Crippen LogP contribution in [0.4, 0.5) is 4.79 Å². The zero-order chi connectivity index (χ0) is 12.8. The van der Waals surface area contributed by atoms with E-state index in [1.165, 1.54) is 24.2 Å². The van der Waals surface area contributed by atoms with Gasteiger partial charge in [-0.1, -0.05) is 20.3 Å². The van der Waals surface area contributed by atoms with Gasteiger partial charge in [-0.2, -0.15) is 0 Å². The molecule has 98 valence electrons. The predicted molar refractivity (Wildman–Crippen MR) is 64.8 cm³/mol. The average Bonchev–Trinajstić information content (AvgIpc) is 2.12. The lowest BCUT2D eigenvalue weighted by Crippen LogP contribution is -2.46. The van der Waals surface area contributed by atoms with E-state index < -0.39 is 5.97 Å². The Balaban J connectivity index is 2.36. The van der Waals surface area contributed by atoms with E-state index in [2.05, 4.69) is 5.32 Å². The number of carboxylic acids is 1. The van der Waals surface area contributed by atoms with Gasteiger partial charge in [0, 0.05) is 13.1 Å². The van der Waals surface area contributed by atoms with E-state index >= 15 is 0 Å². The molecular formula is C12H22N2O3. The summed E-state index contributed by atoms with van der Waals surface area (Å²) in [7, 11) is 0. The van der Waals surface area contributed by atoms with E-state index in [0.717, 1.165) is 0 Å². The molecule has 0 aromatic heterocycles. The van der Waals surface area contributed by atoms with Crippen LogP contribution in [-0.2, 0) is 4.79 Å². The molecule has 2 amide bonds. The van der Waals surface area contributed by atoms with E-state index in [9.17, 15) is 9.59 Å². The molecule has 0 aromatic rings. The zero-order valence-electron chi connectivity index (χ0n) is 10.6. The predicted octanol–water partition coefficient (Wildman–Crippen LogP) is 1.54. The molecule has 5 nitrogen and oxygen atoms in total.